The number of piperazine rings is 1. The van der Waals surface area contributed by atoms with Gasteiger partial charge in [0.05, 0.1) is 0 Å². The summed E-state index contributed by atoms with van der Waals surface area (Å²) in [6.07, 6.45) is 4.04. The topological polar surface area (TPSA) is 15.3 Å². The van der Waals surface area contributed by atoms with Crippen LogP contribution in [0, 0.1) is 5.92 Å². The van der Waals surface area contributed by atoms with Crippen LogP contribution in [0.3, 0.4) is 0 Å². The summed E-state index contributed by atoms with van der Waals surface area (Å²) >= 11 is 1.99. The molecule has 1 aliphatic heterocycles. The van der Waals surface area contributed by atoms with Crippen LogP contribution in [0.15, 0.2) is 12.1 Å². The summed E-state index contributed by atoms with van der Waals surface area (Å²) in [6.45, 7) is 10.5. The molecule has 1 aromatic rings. The van der Waals surface area contributed by atoms with Crippen LogP contribution in [-0.4, -0.2) is 29.6 Å². The van der Waals surface area contributed by atoms with Gasteiger partial charge in [-0.15, -0.1) is 11.3 Å². The highest BCUT2D eigenvalue weighted by atomic mass is 32.1. The molecule has 3 rings (SSSR count). The molecule has 0 radical (unpaired) electrons. The van der Waals surface area contributed by atoms with E-state index >= 15 is 0 Å². The zero-order valence-electron chi connectivity index (χ0n) is 12.4. The molecular formula is C16H26N2S. The van der Waals surface area contributed by atoms with E-state index in [4.69, 9.17) is 0 Å². The summed E-state index contributed by atoms with van der Waals surface area (Å²) < 4.78 is 0. The van der Waals surface area contributed by atoms with Crippen molar-refractivity contribution in [3.8, 4) is 0 Å². The Labute approximate surface area is 121 Å². The third-order valence-corrected chi connectivity index (χ3v) is 5.89. The highest BCUT2D eigenvalue weighted by Gasteiger charge is 2.40. The maximum Gasteiger partial charge on any atom is 0.0334 e. The van der Waals surface area contributed by atoms with Crippen molar-refractivity contribution < 1.29 is 0 Å². The van der Waals surface area contributed by atoms with Gasteiger partial charge in [-0.25, -0.2) is 0 Å². The second kappa shape index (κ2) is 5.19. The van der Waals surface area contributed by atoms with E-state index in [-0.39, 0.29) is 5.54 Å². The molecule has 1 saturated carbocycles. The molecule has 2 heterocycles. The summed E-state index contributed by atoms with van der Waals surface area (Å²) in [4.78, 5) is 5.74. The zero-order chi connectivity index (χ0) is 13.5. The highest BCUT2D eigenvalue weighted by Crippen LogP contribution is 2.36. The number of nitrogens with zero attached hydrogens (tertiary/aromatic N) is 1. The quantitative estimate of drug-likeness (QED) is 0.909. The highest BCUT2D eigenvalue weighted by molar-refractivity contribution is 7.11. The molecule has 1 atom stereocenters. The summed E-state index contributed by atoms with van der Waals surface area (Å²) in [7, 11) is 0. The lowest BCUT2D eigenvalue weighted by atomic mass is 9.95. The van der Waals surface area contributed by atoms with Crippen LogP contribution < -0.4 is 5.32 Å². The van der Waals surface area contributed by atoms with E-state index in [9.17, 15) is 0 Å². The average molecular weight is 278 g/mol. The van der Waals surface area contributed by atoms with Crippen LogP contribution in [0.4, 0.5) is 0 Å². The third-order valence-electron chi connectivity index (χ3n) is 4.67. The molecule has 1 aromatic heterocycles. The molecule has 0 aromatic carbocycles. The molecule has 0 spiro atoms. The second-order valence-electron chi connectivity index (χ2n) is 6.74. The summed E-state index contributed by atoms with van der Waals surface area (Å²) in [5.41, 5.74) is 0.280. The van der Waals surface area contributed by atoms with Gasteiger partial charge in [0.15, 0.2) is 0 Å². The van der Waals surface area contributed by atoms with Crippen LogP contribution in [0.25, 0.3) is 0 Å². The van der Waals surface area contributed by atoms with Crippen LogP contribution in [0.5, 0.6) is 0 Å². The van der Waals surface area contributed by atoms with E-state index in [1.807, 2.05) is 11.3 Å². The van der Waals surface area contributed by atoms with Gasteiger partial charge in [-0.3, -0.25) is 4.90 Å². The lowest BCUT2D eigenvalue weighted by Gasteiger charge is -2.46. The van der Waals surface area contributed by atoms with E-state index in [2.05, 4.69) is 43.1 Å². The Morgan fingerprint density at radius 2 is 2.05 bits per heavy atom. The van der Waals surface area contributed by atoms with Crippen molar-refractivity contribution >= 4 is 11.3 Å². The van der Waals surface area contributed by atoms with E-state index < -0.39 is 0 Å². The van der Waals surface area contributed by atoms with Crippen molar-refractivity contribution in [2.75, 3.05) is 13.1 Å². The molecule has 19 heavy (non-hydrogen) atoms. The minimum Gasteiger partial charge on any atom is -0.311 e. The molecule has 2 aliphatic rings. The molecule has 2 fully saturated rings. The smallest absolute Gasteiger partial charge is 0.0334 e. The number of nitrogens with one attached hydrogen (secondary N) is 1. The predicted molar refractivity (Wildman–Crippen MR) is 82.7 cm³/mol. The minimum absolute atomic E-state index is 0.280. The lowest BCUT2D eigenvalue weighted by Crippen LogP contribution is -2.62. The Bertz CT molecular complexity index is 434. The molecule has 3 heteroatoms. The molecular weight excluding hydrogens is 252 g/mol. The molecule has 0 amide bonds. The Kier molecular flexibility index (Phi) is 3.71. The van der Waals surface area contributed by atoms with E-state index in [1.54, 1.807) is 0 Å². The predicted octanol–water partition coefficient (Wildman–Crippen LogP) is 3.27. The number of thiophene rings is 1. The molecule has 1 N–H and O–H groups in total. The van der Waals surface area contributed by atoms with Gasteiger partial charge in [0.2, 0.25) is 0 Å². The van der Waals surface area contributed by atoms with Crippen molar-refractivity contribution in [3.63, 3.8) is 0 Å². The van der Waals surface area contributed by atoms with E-state index in [0.29, 0.717) is 0 Å². The lowest BCUT2D eigenvalue weighted by molar-refractivity contribution is 0.0543. The zero-order valence-corrected chi connectivity index (χ0v) is 13.2. The summed E-state index contributed by atoms with van der Waals surface area (Å²) in [5.74, 6) is 0.952. The summed E-state index contributed by atoms with van der Waals surface area (Å²) in [5, 5.41) is 3.77. The van der Waals surface area contributed by atoms with Gasteiger partial charge in [-0.2, -0.15) is 0 Å². The van der Waals surface area contributed by atoms with Gasteiger partial charge < -0.3 is 5.32 Å². The fourth-order valence-electron chi connectivity index (χ4n) is 3.02. The molecule has 2 nitrogen and oxygen atoms in total. The Morgan fingerprint density at radius 3 is 2.68 bits per heavy atom. The largest absolute Gasteiger partial charge is 0.311 e. The number of rotatable bonds is 4. The van der Waals surface area contributed by atoms with Gasteiger partial charge >= 0.3 is 0 Å². The normalized spacial score (nSPS) is 27.6. The van der Waals surface area contributed by atoms with Crippen LogP contribution in [-0.2, 0) is 13.0 Å². The third kappa shape index (κ3) is 3.04. The Hall–Kier alpha value is -0.380. The van der Waals surface area contributed by atoms with Gasteiger partial charge in [-0.1, -0.05) is 6.92 Å². The average Bonchev–Trinajstić information content (AvgIpc) is 3.12. The van der Waals surface area contributed by atoms with Crippen molar-refractivity contribution in [1.29, 1.82) is 0 Å². The van der Waals surface area contributed by atoms with Crippen LogP contribution >= 0.6 is 11.3 Å². The Balaban J connectivity index is 1.68. The molecule has 1 unspecified atom stereocenters. The minimum atomic E-state index is 0.280. The van der Waals surface area contributed by atoms with Crippen LogP contribution in [0.1, 0.15) is 43.4 Å². The standard InChI is InChI=1S/C16H26N2S/c1-4-13-7-8-14(19-13)9-18-10-15(12-5-6-12)17-11-16(18,2)3/h7-8,12,15,17H,4-6,9-11H2,1-3H3. The van der Waals surface area contributed by atoms with Crippen molar-refractivity contribution in [1.82, 2.24) is 10.2 Å². The van der Waals surface area contributed by atoms with Gasteiger partial charge in [0.1, 0.15) is 0 Å². The van der Waals surface area contributed by atoms with E-state index in [1.165, 1.54) is 35.6 Å². The monoisotopic (exact) mass is 278 g/mol. The second-order valence-corrected chi connectivity index (χ2v) is 7.99. The first-order valence-electron chi connectivity index (χ1n) is 7.64. The van der Waals surface area contributed by atoms with Gasteiger partial charge in [-0.05, 0) is 51.2 Å². The first-order chi connectivity index (χ1) is 9.08. The van der Waals surface area contributed by atoms with Crippen LogP contribution in [0.2, 0.25) is 0 Å². The maximum atomic E-state index is 3.77. The first kappa shape index (κ1) is 13.6. The van der Waals surface area contributed by atoms with Crippen molar-refractivity contribution in [2.45, 2.75) is 58.2 Å². The van der Waals surface area contributed by atoms with Gasteiger partial charge in [0, 0.05) is 41.0 Å². The van der Waals surface area contributed by atoms with Crippen molar-refractivity contribution in [2.24, 2.45) is 5.92 Å². The molecule has 0 bridgehead atoms. The fourth-order valence-corrected chi connectivity index (χ4v) is 3.99. The Morgan fingerprint density at radius 1 is 1.32 bits per heavy atom. The van der Waals surface area contributed by atoms with Crippen molar-refractivity contribution in [3.05, 3.63) is 21.9 Å². The SMILES string of the molecule is CCc1ccc(CN2CC(C3CC3)NCC2(C)C)s1. The number of hydrogen-bond donors (Lipinski definition) is 1. The summed E-state index contributed by atoms with van der Waals surface area (Å²) in [6, 6.07) is 5.36. The molecule has 1 saturated heterocycles. The molecule has 1 aliphatic carbocycles. The van der Waals surface area contributed by atoms with E-state index in [0.717, 1.165) is 25.0 Å². The molecule has 106 valence electrons. The number of hydrogen-bond acceptors (Lipinski definition) is 3. The fraction of sp³-hybridized carbons (Fsp3) is 0.750. The maximum absolute atomic E-state index is 3.77. The first-order valence-corrected chi connectivity index (χ1v) is 8.46. The number of aryl methyl sites for hydroxylation is 1. The van der Waals surface area contributed by atoms with Gasteiger partial charge in [0.25, 0.3) is 0 Å².